The second kappa shape index (κ2) is 8.13. The van der Waals surface area contributed by atoms with E-state index in [2.05, 4.69) is 32.6 Å². The van der Waals surface area contributed by atoms with Crippen LogP contribution in [0.1, 0.15) is 50.9 Å². The number of esters is 1. The fourth-order valence-electron chi connectivity index (χ4n) is 3.50. The van der Waals surface area contributed by atoms with E-state index in [1.165, 1.54) is 0 Å². The minimum absolute atomic E-state index is 0.156. The quantitative estimate of drug-likeness (QED) is 0.811. The first-order valence-corrected chi connectivity index (χ1v) is 9.03. The molecule has 1 aromatic carbocycles. The summed E-state index contributed by atoms with van der Waals surface area (Å²) in [5.41, 5.74) is 0.351. The van der Waals surface area contributed by atoms with E-state index in [9.17, 15) is 9.90 Å². The van der Waals surface area contributed by atoms with Crippen LogP contribution in [-0.2, 0) is 4.74 Å². The Labute approximate surface area is 145 Å². The molecule has 0 aliphatic heterocycles. The number of nitrogens with zero attached hydrogens (tertiary/aromatic N) is 1. The summed E-state index contributed by atoms with van der Waals surface area (Å²) in [6.45, 7) is 11.2. The van der Waals surface area contributed by atoms with Crippen LogP contribution in [0, 0.1) is 11.3 Å². The molecule has 4 heteroatoms. The van der Waals surface area contributed by atoms with Gasteiger partial charge in [0, 0.05) is 12.5 Å². The average molecular weight is 333 g/mol. The highest BCUT2D eigenvalue weighted by molar-refractivity contribution is 5.89. The van der Waals surface area contributed by atoms with Crippen LogP contribution in [-0.4, -0.2) is 47.8 Å². The molecule has 0 bridgehead atoms. The van der Waals surface area contributed by atoms with Crippen LogP contribution in [0.4, 0.5) is 0 Å². The van der Waals surface area contributed by atoms with E-state index in [1.54, 1.807) is 12.1 Å². The van der Waals surface area contributed by atoms with E-state index in [-0.39, 0.29) is 29.5 Å². The summed E-state index contributed by atoms with van der Waals surface area (Å²) in [4.78, 5) is 14.8. The molecule has 1 aromatic rings. The lowest BCUT2D eigenvalue weighted by molar-refractivity contribution is -0.0860. The number of hydrogen-bond donors (Lipinski definition) is 1. The highest BCUT2D eigenvalue weighted by Gasteiger charge is 2.43. The standard InChI is InChI=1S/C20H31NO3/c1-5-21(6-2)14-16-12-18(22)20(3,4)13-17(16)24-19(23)15-10-8-7-9-11-15/h7-11,16-18,22H,5-6,12-14H2,1-4H3. The van der Waals surface area contributed by atoms with Gasteiger partial charge in [-0.25, -0.2) is 4.79 Å². The summed E-state index contributed by atoms with van der Waals surface area (Å²) >= 11 is 0. The maximum absolute atomic E-state index is 12.5. The maximum atomic E-state index is 12.5. The zero-order valence-electron chi connectivity index (χ0n) is 15.4. The van der Waals surface area contributed by atoms with Crippen LogP contribution in [0.5, 0.6) is 0 Å². The number of aliphatic hydroxyl groups is 1. The number of rotatable bonds is 6. The largest absolute Gasteiger partial charge is 0.458 e. The Morgan fingerprint density at radius 3 is 2.46 bits per heavy atom. The predicted octanol–water partition coefficient (Wildman–Crippen LogP) is 3.35. The Morgan fingerprint density at radius 2 is 1.88 bits per heavy atom. The van der Waals surface area contributed by atoms with Crippen LogP contribution in [0.15, 0.2) is 30.3 Å². The normalized spacial score (nSPS) is 26.3. The van der Waals surface area contributed by atoms with Gasteiger partial charge in [0.25, 0.3) is 0 Å². The van der Waals surface area contributed by atoms with Crippen molar-refractivity contribution >= 4 is 5.97 Å². The van der Waals surface area contributed by atoms with Gasteiger partial charge in [0.15, 0.2) is 0 Å². The maximum Gasteiger partial charge on any atom is 0.338 e. The highest BCUT2D eigenvalue weighted by atomic mass is 16.5. The van der Waals surface area contributed by atoms with Crippen LogP contribution in [0.25, 0.3) is 0 Å². The van der Waals surface area contributed by atoms with E-state index < -0.39 is 0 Å². The van der Waals surface area contributed by atoms with Crippen molar-refractivity contribution in [1.29, 1.82) is 0 Å². The number of benzene rings is 1. The zero-order valence-corrected chi connectivity index (χ0v) is 15.4. The van der Waals surface area contributed by atoms with Crippen LogP contribution >= 0.6 is 0 Å². The molecule has 1 saturated carbocycles. The molecule has 1 aliphatic rings. The third kappa shape index (κ3) is 4.58. The van der Waals surface area contributed by atoms with Gasteiger partial charge in [-0.15, -0.1) is 0 Å². The molecular weight excluding hydrogens is 302 g/mol. The van der Waals surface area contributed by atoms with Crippen molar-refractivity contribution in [2.45, 2.75) is 52.7 Å². The minimum Gasteiger partial charge on any atom is -0.458 e. The lowest BCUT2D eigenvalue weighted by atomic mass is 9.69. The topological polar surface area (TPSA) is 49.8 Å². The fraction of sp³-hybridized carbons (Fsp3) is 0.650. The van der Waals surface area contributed by atoms with Crippen LogP contribution < -0.4 is 0 Å². The number of ether oxygens (including phenoxy) is 1. The van der Waals surface area contributed by atoms with Gasteiger partial charge in [0.05, 0.1) is 11.7 Å². The van der Waals surface area contributed by atoms with Gasteiger partial charge in [-0.1, -0.05) is 45.9 Å². The van der Waals surface area contributed by atoms with Crippen molar-refractivity contribution in [2.24, 2.45) is 11.3 Å². The lowest BCUT2D eigenvalue weighted by Gasteiger charge is -2.44. The molecule has 1 N–H and O–H groups in total. The molecule has 0 radical (unpaired) electrons. The number of aliphatic hydroxyl groups excluding tert-OH is 1. The second-order valence-electron chi connectivity index (χ2n) is 7.50. The van der Waals surface area contributed by atoms with Crippen molar-refractivity contribution in [3.8, 4) is 0 Å². The van der Waals surface area contributed by atoms with Gasteiger partial charge in [-0.2, -0.15) is 0 Å². The van der Waals surface area contributed by atoms with Gasteiger partial charge in [-0.05, 0) is 43.5 Å². The summed E-state index contributed by atoms with van der Waals surface area (Å²) < 4.78 is 5.89. The number of hydrogen-bond acceptors (Lipinski definition) is 4. The highest BCUT2D eigenvalue weighted by Crippen LogP contribution is 2.40. The summed E-state index contributed by atoms with van der Waals surface area (Å²) in [6.07, 6.45) is 0.857. The van der Waals surface area contributed by atoms with Crippen molar-refractivity contribution in [1.82, 2.24) is 4.90 Å². The van der Waals surface area contributed by atoms with E-state index in [0.29, 0.717) is 18.4 Å². The molecule has 0 spiro atoms. The SMILES string of the molecule is CCN(CC)CC1CC(O)C(C)(C)CC1OC(=O)c1ccccc1. The van der Waals surface area contributed by atoms with E-state index >= 15 is 0 Å². The van der Waals surface area contributed by atoms with Crippen LogP contribution in [0.3, 0.4) is 0 Å². The Balaban J connectivity index is 2.13. The van der Waals surface area contributed by atoms with Crippen molar-refractivity contribution in [2.75, 3.05) is 19.6 Å². The average Bonchev–Trinajstić information content (AvgIpc) is 2.57. The molecule has 2 rings (SSSR count). The van der Waals surface area contributed by atoms with E-state index in [4.69, 9.17) is 4.74 Å². The van der Waals surface area contributed by atoms with Gasteiger partial charge in [0.1, 0.15) is 6.10 Å². The van der Waals surface area contributed by atoms with Crippen molar-refractivity contribution in [3.05, 3.63) is 35.9 Å². The molecule has 1 aliphatic carbocycles. The molecule has 0 heterocycles. The smallest absolute Gasteiger partial charge is 0.338 e. The molecule has 134 valence electrons. The Morgan fingerprint density at radius 1 is 1.25 bits per heavy atom. The van der Waals surface area contributed by atoms with Gasteiger partial charge in [-0.3, -0.25) is 0 Å². The van der Waals surface area contributed by atoms with Crippen molar-refractivity contribution < 1.29 is 14.6 Å². The van der Waals surface area contributed by atoms with Gasteiger partial charge in [0.2, 0.25) is 0 Å². The summed E-state index contributed by atoms with van der Waals surface area (Å²) in [7, 11) is 0. The van der Waals surface area contributed by atoms with Gasteiger partial charge < -0.3 is 14.7 Å². The zero-order chi connectivity index (χ0) is 17.7. The van der Waals surface area contributed by atoms with Crippen LogP contribution in [0.2, 0.25) is 0 Å². The monoisotopic (exact) mass is 333 g/mol. The number of carbonyl (C=O) groups excluding carboxylic acids is 1. The molecule has 0 saturated heterocycles. The summed E-state index contributed by atoms with van der Waals surface area (Å²) in [5, 5.41) is 10.5. The molecule has 3 unspecified atom stereocenters. The second-order valence-corrected chi connectivity index (χ2v) is 7.50. The first-order valence-electron chi connectivity index (χ1n) is 9.03. The Bertz CT molecular complexity index is 523. The molecule has 24 heavy (non-hydrogen) atoms. The summed E-state index contributed by atoms with van der Waals surface area (Å²) in [6, 6.07) is 9.15. The molecular formula is C20H31NO3. The molecule has 4 nitrogen and oxygen atoms in total. The van der Waals surface area contributed by atoms with E-state index in [0.717, 1.165) is 19.6 Å². The molecule has 0 amide bonds. The van der Waals surface area contributed by atoms with Gasteiger partial charge >= 0.3 is 5.97 Å². The first-order chi connectivity index (χ1) is 11.4. The van der Waals surface area contributed by atoms with Crippen molar-refractivity contribution in [3.63, 3.8) is 0 Å². The van der Waals surface area contributed by atoms with E-state index in [1.807, 2.05) is 18.2 Å². The molecule has 3 atom stereocenters. The first kappa shape index (κ1) is 18.9. The lowest BCUT2D eigenvalue weighted by Crippen LogP contribution is -2.49. The third-order valence-corrected chi connectivity index (χ3v) is 5.34. The fourth-order valence-corrected chi connectivity index (χ4v) is 3.50. The Kier molecular flexibility index (Phi) is 6.41. The predicted molar refractivity (Wildman–Crippen MR) is 95.9 cm³/mol. The number of carbonyl (C=O) groups is 1. The summed E-state index contributed by atoms with van der Waals surface area (Å²) in [5.74, 6) is -0.0991. The molecule has 1 fully saturated rings. The molecule has 0 aromatic heterocycles. The minimum atomic E-state index is -0.357. The Hall–Kier alpha value is -1.39. The third-order valence-electron chi connectivity index (χ3n) is 5.34.